The van der Waals surface area contributed by atoms with E-state index in [-0.39, 0.29) is 13.4 Å². The SMILES string of the molecule is c1ccc2c(B(c3c4ccccc4cc4ccccc34)c3ccc4ccc5ccc(B(c6c7ccccc7cc7ccccc67)c6c7ccccc7cc7ccccc67)c6ccc3c4c56)c3ccccc3cc2c1. The molecular weight excluding hydrogens is 886 g/mol. The van der Waals surface area contributed by atoms with Gasteiger partial charge in [-0.15, -0.1) is 0 Å². The molecule has 0 heterocycles. The van der Waals surface area contributed by atoms with Crippen LogP contribution in [0.15, 0.2) is 267 Å². The second-order valence-electron chi connectivity index (χ2n) is 20.5. The zero-order valence-corrected chi connectivity index (χ0v) is 40.6. The fourth-order valence-corrected chi connectivity index (χ4v) is 13.7. The number of rotatable bonds is 6. The van der Waals surface area contributed by atoms with Crippen LogP contribution < -0.4 is 32.8 Å². The van der Waals surface area contributed by atoms with Crippen LogP contribution in [0.2, 0.25) is 0 Å². The minimum atomic E-state index is -0.122. The molecule has 0 aliphatic rings. The fourth-order valence-electron chi connectivity index (χ4n) is 13.7. The highest BCUT2D eigenvalue weighted by molar-refractivity contribution is 7.03. The third-order valence-electron chi connectivity index (χ3n) is 16.8. The highest BCUT2D eigenvalue weighted by atomic mass is 14.2. The van der Waals surface area contributed by atoms with Gasteiger partial charge >= 0.3 is 0 Å². The lowest BCUT2D eigenvalue weighted by Crippen LogP contribution is -2.54. The Hall–Kier alpha value is -9.23. The van der Waals surface area contributed by atoms with Gasteiger partial charge in [0.1, 0.15) is 0 Å². The van der Waals surface area contributed by atoms with Crippen LogP contribution in [0.1, 0.15) is 0 Å². The monoisotopic (exact) mass is 930 g/mol. The minimum absolute atomic E-state index is 0.122. The lowest BCUT2D eigenvalue weighted by Gasteiger charge is -2.27. The molecule has 16 aromatic carbocycles. The van der Waals surface area contributed by atoms with Crippen molar-refractivity contribution in [3.8, 4) is 0 Å². The van der Waals surface area contributed by atoms with Gasteiger partial charge < -0.3 is 0 Å². The molecule has 0 radical (unpaired) electrons. The van der Waals surface area contributed by atoms with Gasteiger partial charge in [0.05, 0.1) is 0 Å². The average molecular weight is 931 g/mol. The molecule has 0 aliphatic heterocycles. The van der Waals surface area contributed by atoms with Gasteiger partial charge in [0, 0.05) is 0 Å². The van der Waals surface area contributed by atoms with Crippen molar-refractivity contribution < 1.29 is 0 Å². The van der Waals surface area contributed by atoms with Crippen LogP contribution in [0.4, 0.5) is 0 Å². The van der Waals surface area contributed by atoms with E-state index < -0.39 is 0 Å². The highest BCUT2D eigenvalue weighted by Crippen LogP contribution is 2.36. The van der Waals surface area contributed by atoms with Crippen LogP contribution in [0.3, 0.4) is 0 Å². The highest BCUT2D eigenvalue weighted by Gasteiger charge is 2.34. The van der Waals surface area contributed by atoms with Crippen LogP contribution >= 0.6 is 0 Å². The third kappa shape index (κ3) is 6.06. The molecule has 0 N–H and O–H groups in total. The molecule has 0 amide bonds. The van der Waals surface area contributed by atoms with E-state index in [1.165, 1.54) is 151 Å². The Bertz CT molecular complexity index is 4220. The summed E-state index contributed by atoms with van der Waals surface area (Å²) in [6, 6.07) is 101. The van der Waals surface area contributed by atoms with E-state index in [9.17, 15) is 0 Å². The maximum Gasteiger partial charge on any atom is 0.245 e. The van der Waals surface area contributed by atoms with Crippen molar-refractivity contribution in [1.82, 2.24) is 0 Å². The fraction of sp³-hybridized carbons (Fsp3) is 0. The van der Waals surface area contributed by atoms with Gasteiger partial charge in [0.25, 0.3) is 0 Å². The van der Waals surface area contributed by atoms with Crippen LogP contribution in [-0.4, -0.2) is 13.4 Å². The van der Waals surface area contributed by atoms with E-state index in [4.69, 9.17) is 0 Å². The van der Waals surface area contributed by atoms with Gasteiger partial charge in [-0.2, -0.15) is 0 Å². The van der Waals surface area contributed by atoms with Crippen LogP contribution in [0, 0.1) is 0 Å². The van der Waals surface area contributed by atoms with E-state index in [0.717, 1.165) is 0 Å². The molecule has 0 spiro atoms. The molecule has 16 rings (SSSR count). The van der Waals surface area contributed by atoms with Gasteiger partial charge in [-0.1, -0.05) is 275 Å². The molecular formula is C72H44B2. The average Bonchev–Trinajstić information content (AvgIpc) is 3.46. The summed E-state index contributed by atoms with van der Waals surface area (Å²) in [6.45, 7) is -0.245. The van der Waals surface area contributed by atoms with Crippen molar-refractivity contribution in [3.63, 3.8) is 0 Å². The summed E-state index contributed by atoms with van der Waals surface area (Å²) in [5, 5.41) is 28.1. The molecule has 0 nitrogen and oxygen atoms in total. The molecule has 0 aromatic heterocycles. The predicted octanol–water partition coefficient (Wildman–Crippen LogP) is 14.8. The van der Waals surface area contributed by atoms with Crippen molar-refractivity contribution >= 4 is 165 Å². The van der Waals surface area contributed by atoms with Gasteiger partial charge in [0.15, 0.2) is 0 Å². The number of hydrogen-bond donors (Lipinski definition) is 0. The van der Waals surface area contributed by atoms with Crippen LogP contribution in [0.25, 0.3) is 118 Å². The molecule has 0 saturated carbocycles. The summed E-state index contributed by atoms with van der Waals surface area (Å²) in [4.78, 5) is 0. The Balaban J connectivity index is 1.07. The quantitative estimate of drug-likeness (QED) is 0.0885. The number of benzene rings is 16. The zero-order chi connectivity index (χ0) is 48.4. The molecule has 0 aliphatic carbocycles. The second kappa shape index (κ2) is 16.1. The predicted molar refractivity (Wildman–Crippen MR) is 325 cm³/mol. The molecule has 0 fully saturated rings. The summed E-state index contributed by atoms with van der Waals surface area (Å²) in [6.07, 6.45) is 0. The molecule has 0 bridgehead atoms. The Morgan fingerprint density at radius 2 is 0.365 bits per heavy atom. The van der Waals surface area contributed by atoms with Gasteiger partial charge in [0.2, 0.25) is 13.4 Å². The summed E-state index contributed by atoms with van der Waals surface area (Å²) >= 11 is 0. The first-order chi connectivity index (χ1) is 36.7. The van der Waals surface area contributed by atoms with Crippen LogP contribution in [-0.2, 0) is 0 Å². The second-order valence-corrected chi connectivity index (χ2v) is 20.5. The summed E-state index contributed by atoms with van der Waals surface area (Å²) < 4.78 is 0. The van der Waals surface area contributed by atoms with Crippen molar-refractivity contribution in [1.29, 1.82) is 0 Å². The molecule has 2 heteroatoms. The summed E-state index contributed by atoms with van der Waals surface area (Å²) in [5.74, 6) is 0. The smallest absolute Gasteiger partial charge is 0.0657 e. The van der Waals surface area contributed by atoms with Crippen molar-refractivity contribution in [2.75, 3.05) is 0 Å². The normalized spacial score (nSPS) is 12.1. The molecule has 74 heavy (non-hydrogen) atoms. The molecule has 0 unspecified atom stereocenters. The Morgan fingerprint density at radius 1 is 0.162 bits per heavy atom. The zero-order valence-electron chi connectivity index (χ0n) is 40.6. The molecule has 0 saturated heterocycles. The maximum atomic E-state index is 2.50. The molecule has 0 atom stereocenters. The lowest BCUT2D eigenvalue weighted by atomic mass is 9.33. The first-order valence-corrected chi connectivity index (χ1v) is 26.1. The Morgan fingerprint density at radius 3 is 0.595 bits per heavy atom. The van der Waals surface area contributed by atoms with Crippen molar-refractivity contribution in [2.45, 2.75) is 0 Å². The molecule has 16 aromatic rings. The first kappa shape index (κ1) is 41.4. The largest absolute Gasteiger partial charge is 0.245 e. The van der Waals surface area contributed by atoms with Crippen molar-refractivity contribution in [3.05, 3.63) is 267 Å². The summed E-state index contributed by atoms with van der Waals surface area (Å²) in [7, 11) is 0. The van der Waals surface area contributed by atoms with Gasteiger partial charge in [-0.3, -0.25) is 0 Å². The van der Waals surface area contributed by atoms with Crippen LogP contribution in [0.5, 0.6) is 0 Å². The van der Waals surface area contributed by atoms with Crippen molar-refractivity contribution in [2.24, 2.45) is 0 Å². The standard InChI is InChI=1S/C72H44B2/c1-9-25-55-47(17-1)41-48-18-2-10-26-56(48)69(55)73(70-57-27-11-3-19-49(57)42-50-20-4-12-28-58(50)70)65-39-35-45-33-34-46-36-40-66(64-38-37-63(65)67(45)68(46)64)74(71-59-29-13-5-21-51(59)43-52-22-6-14-30-60(52)71)72-61-31-15-7-23-53(61)44-54-24-8-16-32-62(54)72/h1-44H. The van der Waals surface area contributed by atoms with E-state index in [0.29, 0.717) is 0 Å². The maximum absolute atomic E-state index is 2.50. The Labute approximate surface area is 429 Å². The van der Waals surface area contributed by atoms with E-state index in [2.05, 4.69) is 267 Å². The number of fused-ring (bicyclic) bond motifs is 8. The molecule has 338 valence electrons. The van der Waals surface area contributed by atoms with E-state index in [1.807, 2.05) is 0 Å². The topological polar surface area (TPSA) is 0 Å². The Kier molecular flexibility index (Phi) is 9.03. The van der Waals surface area contributed by atoms with Gasteiger partial charge in [-0.25, -0.2) is 0 Å². The minimum Gasteiger partial charge on any atom is -0.0657 e. The number of hydrogen-bond acceptors (Lipinski definition) is 0. The first-order valence-electron chi connectivity index (χ1n) is 26.1. The van der Waals surface area contributed by atoms with E-state index in [1.54, 1.807) is 0 Å². The summed E-state index contributed by atoms with van der Waals surface area (Å²) in [5.41, 5.74) is 8.03. The van der Waals surface area contributed by atoms with Gasteiger partial charge in [-0.05, 0) is 143 Å². The lowest BCUT2D eigenvalue weighted by molar-refractivity contribution is 1.76. The van der Waals surface area contributed by atoms with E-state index >= 15 is 0 Å². The third-order valence-corrected chi connectivity index (χ3v) is 16.8.